The van der Waals surface area contributed by atoms with E-state index >= 15 is 0 Å². The van der Waals surface area contributed by atoms with Gasteiger partial charge in [0, 0.05) is 12.7 Å². The van der Waals surface area contributed by atoms with E-state index in [4.69, 9.17) is 5.73 Å². The first-order valence-electron chi connectivity index (χ1n) is 4.93. The Balaban J connectivity index is 2.65. The summed E-state index contributed by atoms with van der Waals surface area (Å²) in [6, 6.07) is 1.67. The number of nitrogens with one attached hydrogen (secondary N) is 1. The Kier molecular flexibility index (Phi) is 4.34. The maximum Gasteiger partial charge on any atom is 0.215 e. The fraction of sp³-hybridized carbons (Fsp3) is 0.556. The summed E-state index contributed by atoms with van der Waals surface area (Å²) in [5.74, 6) is 0.614. The molecular formula is C9H16N4O2S. The molecule has 0 bridgehead atoms. The zero-order valence-corrected chi connectivity index (χ0v) is 10.2. The number of rotatable bonds is 5. The van der Waals surface area contributed by atoms with Gasteiger partial charge >= 0.3 is 0 Å². The molecule has 1 aromatic heterocycles. The largest absolute Gasteiger partial charge is 0.329 e. The maximum atomic E-state index is 11.6. The summed E-state index contributed by atoms with van der Waals surface area (Å²) in [5.41, 5.74) is 5.95. The SMILES string of the molecule is Cc1nccc(CNS(=O)(=O)C(C)CN)n1. The van der Waals surface area contributed by atoms with Crippen molar-refractivity contribution in [2.75, 3.05) is 6.54 Å². The fourth-order valence-electron chi connectivity index (χ4n) is 1.05. The molecule has 1 rings (SSSR count). The van der Waals surface area contributed by atoms with Crippen molar-refractivity contribution < 1.29 is 8.42 Å². The third-order valence-corrected chi connectivity index (χ3v) is 3.95. The first-order valence-corrected chi connectivity index (χ1v) is 6.47. The Labute approximate surface area is 95.3 Å². The monoisotopic (exact) mass is 244 g/mol. The van der Waals surface area contributed by atoms with Crippen LogP contribution in [0.15, 0.2) is 12.3 Å². The Hall–Kier alpha value is -1.05. The van der Waals surface area contributed by atoms with Crippen LogP contribution < -0.4 is 10.5 Å². The van der Waals surface area contributed by atoms with Crippen molar-refractivity contribution in [3.05, 3.63) is 23.8 Å². The molecule has 90 valence electrons. The molecule has 0 aromatic carbocycles. The van der Waals surface area contributed by atoms with Gasteiger partial charge in [0.15, 0.2) is 0 Å². The predicted molar refractivity (Wildman–Crippen MR) is 61.0 cm³/mol. The summed E-state index contributed by atoms with van der Waals surface area (Å²) in [6.45, 7) is 3.57. The van der Waals surface area contributed by atoms with Gasteiger partial charge in [0.25, 0.3) is 0 Å². The molecule has 0 aliphatic rings. The Morgan fingerprint density at radius 1 is 1.56 bits per heavy atom. The van der Waals surface area contributed by atoms with Crippen LogP contribution in [0.5, 0.6) is 0 Å². The molecule has 0 aliphatic carbocycles. The Morgan fingerprint density at radius 3 is 2.81 bits per heavy atom. The highest BCUT2D eigenvalue weighted by molar-refractivity contribution is 7.90. The van der Waals surface area contributed by atoms with Crippen molar-refractivity contribution in [1.29, 1.82) is 0 Å². The van der Waals surface area contributed by atoms with Gasteiger partial charge < -0.3 is 5.73 Å². The molecule has 0 saturated carbocycles. The molecule has 0 radical (unpaired) electrons. The van der Waals surface area contributed by atoms with Gasteiger partial charge in [0.1, 0.15) is 5.82 Å². The zero-order valence-electron chi connectivity index (χ0n) is 9.34. The second-order valence-corrected chi connectivity index (χ2v) is 5.69. The molecule has 0 spiro atoms. The smallest absolute Gasteiger partial charge is 0.215 e. The topological polar surface area (TPSA) is 98.0 Å². The van der Waals surface area contributed by atoms with E-state index in [2.05, 4.69) is 14.7 Å². The van der Waals surface area contributed by atoms with Gasteiger partial charge in [-0.05, 0) is 19.9 Å². The van der Waals surface area contributed by atoms with E-state index < -0.39 is 15.3 Å². The van der Waals surface area contributed by atoms with Crippen LogP contribution in [0.2, 0.25) is 0 Å². The summed E-state index contributed by atoms with van der Waals surface area (Å²) in [4.78, 5) is 8.02. The van der Waals surface area contributed by atoms with Crippen molar-refractivity contribution in [2.45, 2.75) is 25.6 Å². The quantitative estimate of drug-likeness (QED) is 0.731. The number of hydrogen-bond acceptors (Lipinski definition) is 5. The molecule has 3 N–H and O–H groups in total. The minimum atomic E-state index is -3.36. The van der Waals surface area contributed by atoms with E-state index in [1.165, 1.54) is 0 Å². The van der Waals surface area contributed by atoms with Crippen LogP contribution in [0, 0.1) is 6.92 Å². The van der Waals surface area contributed by atoms with Gasteiger partial charge in [-0.15, -0.1) is 0 Å². The molecule has 6 nitrogen and oxygen atoms in total. The lowest BCUT2D eigenvalue weighted by molar-refractivity contribution is 0.567. The number of sulfonamides is 1. The second kappa shape index (κ2) is 5.33. The summed E-state index contributed by atoms with van der Waals surface area (Å²) in [7, 11) is -3.36. The first kappa shape index (κ1) is 13.0. The molecule has 0 saturated heterocycles. The van der Waals surface area contributed by atoms with E-state index in [-0.39, 0.29) is 13.1 Å². The Bertz CT molecular complexity index is 447. The molecular weight excluding hydrogens is 228 g/mol. The highest BCUT2D eigenvalue weighted by atomic mass is 32.2. The van der Waals surface area contributed by atoms with Crippen molar-refractivity contribution >= 4 is 10.0 Å². The summed E-state index contributed by atoms with van der Waals surface area (Å²) >= 11 is 0. The van der Waals surface area contributed by atoms with E-state index in [0.717, 1.165) is 0 Å². The average molecular weight is 244 g/mol. The molecule has 0 aliphatic heterocycles. The lowest BCUT2D eigenvalue weighted by atomic mass is 10.4. The van der Waals surface area contributed by atoms with E-state index in [9.17, 15) is 8.42 Å². The number of aromatic nitrogens is 2. The van der Waals surface area contributed by atoms with Gasteiger partial charge in [0.05, 0.1) is 17.5 Å². The highest BCUT2D eigenvalue weighted by Crippen LogP contribution is 1.99. The summed E-state index contributed by atoms with van der Waals surface area (Å²) in [5, 5.41) is -0.601. The van der Waals surface area contributed by atoms with Crippen molar-refractivity contribution in [1.82, 2.24) is 14.7 Å². The average Bonchev–Trinajstić information content (AvgIpc) is 2.25. The molecule has 1 atom stereocenters. The highest BCUT2D eigenvalue weighted by Gasteiger charge is 2.18. The molecule has 1 unspecified atom stereocenters. The van der Waals surface area contributed by atoms with Gasteiger partial charge in [-0.2, -0.15) is 0 Å². The zero-order chi connectivity index (χ0) is 12.2. The second-order valence-electron chi connectivity index (χ2n) is 3.51. The van der Waals surface area contributed by atoms with Crippen molar-refractivity contribution in [3.63, 3.8) is 0 Å². The van der Waals surface area contributed by atoms with Gasteiger partial charge in [-0.3, -0.25) is 0 Å². The lowest BCUT2D eigenvalue weighted by Crippen LogP contribution is -2.36. The van der Waals surface area contributed by atoms with E-state index in [1.807, 2.05) is 0 Å². The minimum absolute atomic E-state index is 0.0954. The summed E-state index contributed by atoms with van der Waals surface area (Å²) < 4.78 is 25.6. The standard InChI is InChI=1S/C9H16N4O2S/c1-7(5-10)16(14,15)12-6-9-3-4-11-8(2)13-9/h3-4,7,12H,5-6,10H2,1-2H3. The number of aryl methyl sites for hydroxylation is 1. The molecule has 7 heteroatoms. The molecule has 16 heavy (non-hydrogen) atoms. The molecule has 1 heterocycles. The molecule has 1 aromatic rings. The molecule has 0 fully saturated rings. The third kappa shape index (κ3) is 3.51. The van der Waals surface area contributed by atoms with Crippen LogP contribution >= 0.6 is 0 Å². The molecule has 0 amide bonds. The van der Waals surface area contributed by atoms with Crippen LogP contribution in [0.25, 0.3) is 0 Å². The van der Waals surface area contributed by atoms with Crippen LogP contribution in [0.4, 0.5) is 0 Å². The van der Waals surface area contributed by atoms with Crippen LogP contribution in [-0.4, -0.2) is 30.2 Å². The fourth-order valence-corrected chi connectivity index (χ4v) is 1.93. The maximum absolute atomic E-state index is 11.6. The van der Waals surface area contributed by atoms with Crippen LogP contribution in [0.1, 0.15) is 18.4 Å². The van der Waals surface area contributed by atoms with Gasteiger partial charge in [0.2, 0.25) is 10.0 Å². The first-order chi connectivity index (χ1) is 7.45. The third-order valence-electron chi connectivity index (χ3n) is 2.15. The van der Waals surface area contributed by atoms with Crippen molar-refractivity contribution in [2.24, 2.45) is 5.73 Å². The number of nitrogens with two attached hydrogens (primary N) is 1. The van der Waals surface area contributed by atoms with Gasteiger partial charge in [-0.25, -0.2) is 23.1 Å². The van der Waals surface area contributed by atoms with Crippen LogP contribution in [0.3, 0.4) is 0 Å². The van der Waals surface area contributed by atoms with E-state index in [1.54, 1.807) is 26.1 Å². The summed E-state index contributed by atoms with van der Waals surface area (Å²) in [6.07, 6.45) is 1.60. The van der Waals surface area contributed by atoms with Crippen LogP contribution in [-0.2, 0) is 16.6 Å². The normalized spacial score (nSPS) is 13.7. The van der Waals surface area contributed by atoms with E-state index in [0.29, 0.717) is 11.5 Å². The van der Waals surface area contributed by atoms with Gasteiger partial charge in [-0.1, -0.05) is 0 Å². The minimum Gasteiger partial charge on any atom is -0.329 e. The lowest BCUT2D eigenvalue weighted by Gasteiger charge is -2.11. The number of hydrogen-bond donors (Lipinski definition) is 2. The number of nitrogens with zero attached hydrogens (tertiary/aromatic N) is 2. The van der Waals surface area contributed by atoms with Crippen molar-refractivity contribution in [3.8, 4) is 0 Å². The predicted octanol–water partition coefficient (Wildman–Crippen LogP) is -0.448. The Morgan fingerprint density at radius 2 is 2.25 bits per heavy atom.